The number of hydrogen-bond acceptors (Lipinski definition) is 4. The van der Waals surface area contributed by atoms with E-state index >= 15 is 0 Å². The van der Waals surface area contributed by atoms with Crippen LogP contribution in [0.4, 0.5) is 18.9 Å². The first kappa shape index (κ1) is 24.0. The monoisotopic (exact) mass is 478 g/mol. The van der Waals surface area contributed by atoms with Crippen molar-refractivity contribution in [2.75, 3.05) is 5.32 Å². The number of allylic oxidation sites excluding steroid dienone is 3. The van der Waals surface area contributed by atoms with Crippen LogP contribution in [0.5, 0.6) is 0 Å². The normalized spacial score (nSPS) is 14.5. The third kappa shape index (κ3) is 5.34. The Morgan fingerprint density at radius 3 is 2.69 bits per heavy atom. The summed E-state index contributed by atoms with van der Waals surface area (Å²) in [6.07, 6.45) is -0.104. The topological polar surface area (TPSA) is 90.9 Å². The highest BCUT2D eigenvalue weighted by molar-refractivity contribution is 6.03. The number of nitrogens with one attached hydrogen (secondary N) is 1. The Balaban J connectivity index is 1.65. The van der Waals surface area contributed by atoms with Crippen molar-refractivity contribution in [1.82, 2.24) is 9.78 Å². The highest BCUT2D eigenvalue weighted by atomic mass is 19.4. The molecule has 0 saturated heterocycles. The second-order valence-electron chi connectivity index (χ2n) is 8.17. The highest BCUT2D eigenvalue weighted by Gasteiger charge is 2.36. The van der Waals surface area contributed by atoms with Crippen LogP contribution < -0.4 is 5.32 Å². The zero-order valence-corrected chi connectivity index (χ0v) is 18.7. The molecule has 178 valence electrons. The first-order chi connectivity index (χ1) is 16.7. The number of rotatable bonds is 5. The van der Waals surface area contributed by atoms with Gasteiger partial charge in [0.1, 0.15) is 11.8 Å². The minimum atomic E-state index is -4.77. The number of nitriles is 1. The molecule has 0 radical (unpaired) electrons. The Labute approximate surface area is 199 Å². The molecule has 1 aliphatic rings. The third-order valence-electron chi connectivity index (χ3n) is 5.58. The molecule has 1 atom stereocenters. The van der Waals surface area contributed by atoms with E-state index in [1.54, 1.807) is 24.3 Å². The fourth-order valence-corrected chi connectivity index (χ4v) is 3.89. The summed E-state index contributed by atoms with van der Waals surface area (Å²) >= 11 is 0. The van der Waals surface area contributed by atoms with Crippen LogP contribution in [-0.2, 0) is 6.18 Å². The van der Waals surface area contributed by atoms with Gasteiger partial charge in [-0.05, 0) is 61.2 Å². The summed E-state index contributed by atoms with van der Waals surface area (Å²) in [5, 5.41) is 26.1. The van der Waals surface area contributed by atoms with Crippen molar-refractivity contribution < 1.29 is 23.1 Å². The zero-order chi connectivity index (χ0) is 25.2. The van der Waals surface area contributed by atoms with E-state index in [-0.39, 0.29) is 16.9 Å². The molecule has 0 spiro atoms. The number of aliphatic hydroxyl groups is 1. The molecule has 9 heteroatoms. The summed E-state index contributed by atoms with van der Waals surface area (Å²) in [5.74, 6) is -0.822. The van der Waals surface area contributed by atoms with Crippen LogP contribution in [0.1, 0.15) is 53.2 Å². The predicted molar refractivity (Wildman–Crippen MR) is 124 cm³/mol. The van der Waals surface area contributed by atoms with Crippen LogP contribution in [0.25, 0.3) is 5.69 Å². The molecule has 2 N–H and O–H groups in total. The zero-order valence-electron chi connectivity index (χ0n) is 18.7. The van der Waals surface area contributed by atoms with Crippen molar-refractivity contribution in [2.45, 2.75) is 32.0 Å². The van der Waals surface area contributed by atoms with Gasteiger partial charge in [0.25, 0.3) is 5.91 Å². The number of aliphatic hydroxyl groups excluding tert-OH is 1. The van der Waals surface area contributed by atoms with Gasteiger partial charge in [-0.3, -0.25) is 4.79 Å². The Morgan fingerprint density at radius 1 is 1.20 bits per heavy atom. The number of anilines is 1. The summed E-state index contributed by atoms with van der Waals surface area (Å²) < 4.78 is 41.0. The maximum atomic E-state index is 13.4. The van der Waals surface area contributed by atoms with Crippen LogP contribution >= 0.6 is 0 Å². The SMILES string of the molecule is CC1=CCCC(C(O)c2cccc(NC(=O)c3cc(C(F)(F)F)nn3-c3cccc(C#N)c3)c2)=C1. The molecule has 3 aromatic rings. The average molecular weight is 478 g/mol. The van der Waals surface area contributed by atoms with Gasteiger partial charge in [0.05, 0.1) is 17.3 Å². The number of halogens is 3. The maximum absolute atomic E-state index is 13.4. The molecule has 1 heterocycles. The number of hydrogen-bond donors (Lipinski definition) is 2. The van der Waals surface area contributed by atoms with Gasteiger partial charge >= 0.3 is 6.18 Å². The minimum Gasteiger partial charge on any atom is -0.384 e. The fourth-order valence-electron chi connectivity index (χ4n) is 3.89. The molecular weight excluding hydrogens is 457 g/mol. The van der Waals surface area contributed by atoms with E-state index in [0.29, 0.717) is 23.7 Å². The number of aromatic nitrogens is 2. The van der Waals surface area contributed by atoms with Crippen LogP contribution in [0.15, 0.2) is 77.9 Å². The van der Waals surface area contributed by atoms with Gasteiger partial charge in [-0.2, -0.15) is 23.5 Å². The molecule has 6 nitrogen and oxygen atoms in total. The Morgan fingerprint density at radius 2 is 1.97 bits per heavy atom. The van der Waals surface area contributed by atoms with Gasteiger partial charge in [0.2, 0.25) is 0 Å². The molecule has 0 fully saturated rings. The van der Waals surface area contributed by atoms with E-state index in [9.17, 15) is 23.1 Å². The molecule has 1 unspecified atom stereocenters. The van der Waals surface area contributed by atoms with Crippen molar-refractivity contribution in [3.63, 3.8) is 0 Å². The van der Waals surface area contributed by atoms with Crippen LogP contribution in [0.2, 0.25) is 0 Å². The number of amides is 1. The lowest BCUT2D eigenvalue weighted by Crippen LogP contribution is -2.17. The lowest BCUT2D eigenvalue weighted by Gasteiger charge is -2.19. The molecule has 35 heavy (non-hydrogen) atoms. The third-order valence-corrected chi connectivity index (χ3v) is 5.58. The van der Waals surface area contributed by atoms with Crippen LogP contribution in [0, 0.1) is 11.3 Å². The lowest BCUT2D eigenvalue weighted by molar-refractivity contribution is -0.141. The maximum Gasteiger partial charge on any atom is 0.435 e. The smallest absolute Gasteiger partial charge is 0.384 e. The van der Waals surface area contributed by atoms with Crippen LogP contribution in [-0.4, -0.2) is 20.8 Å². The fraction of sp³-hybridized carbons (Fsp3) is 0.192. The van der Waals surface area contributed by atoms with Crippen molar-refractivity contribution in [3.05, 3.63) is 100 Å². The van der Waals surface area contributed by atoms with Gasteiger partial charge in [0, 0.05) is 11.8 Å². The minimum absolute atomic E-state index is 0.140. The van der Waals surface area contributed by atoms with E-state index in [4.69, 9.17) is 5.26 Å². The van der Waals surface area contributed by atoms with Crippen molar-refractivity contribution >= 4 is 11.6 Å². The Hall–Kier alpha value is -4.16. The summed E-state index contributed by atoms with van der Waals surface area (Å²) in [5.41, 5.74) is 1.53. The standard InChI is InChI=1S/C26H21F3N4O2/c1-16-5-2-7-18(11-16)24(34)19-8-4-9-20(13-19)31-25(35)22-14-23(26(27,28)29)32-33(22)21-10-3-6-17(12-21)15-30/h3-6,8-14,24,34H,2,7H2,1H3,(H,31,35). The van der Waals surface area contributed by atoms with E-state index in [1.807, 2.05) is 19.1 Å². The second-order valence-corrected chi connectivity index (χ2v) is 8.17. The molecule has 1 aliphatic carbocycles. The number of carbonyl (C=O) groups excluding carboxylic acids is 1. The highest BCUT2D eigenvalue weighted by Crippen LogP contribution is 2.32. The Bertz CT molecular complexity index is 1380. The molecule has 1 amide bonds. The van der Waals surface area contributed by atoms with E-state index in [1.165, 1.54) is 24.3 Å². The molecule has 4 rings (SSSR count). The summed E-state index contributed by atoms with van der Waals surface area (Å²) in [6, 6.07) is 14.9. The van der Waals surface area contributed by atoms with Gasteiger partial charge in [0.15, 0.2) is 5.69 Å². The van der Waals surface area contributed by atoms with E-state index in [0.717, 1.165) is 22.2 Å². The lowest BCUT2D eigenvalue weighted by atomic mass is 9.92. The summed E-state index contributed by atoms with van der Waals surface area (Å²) in [7, 11) is 0. The van der Waals surface area contributed by atoms with E-state index in [2.05, 4.69) is 16.5 Å². The van der Waals surface area contributed by atoms with Crippen molar-refractivity contribution in [3.8, 4) is 11.8 Å². The molecule has 1 aromatic heterocycles. The predicted octanol–water partition coefficient (Wildman–Crippen LogP) is 5.71. The molecular formula is C26H21F3N4O2. The van der Waals surface area contributed by atoms with Crippen molar-refractivity contribution in [1.29, 1.82) is 5.26 Å². The first-order valence-corrected chi connectivity index (χ1v) is 10.8. The quantitative estimate of drug-likeness (QED) is 0.491. The average Bonchev–Trinajstić information content (AvgIpc) is 3.30. The number of alkyl halides is 3. The molecule has 0 bridgehead atoms. The summed E-state index contributed by atoms with van der Waals surface area (Å²) in [6.45, 7) is 1.95. The first-order valence-electron chi connectivity index (χ1n) is 10.8. The summed E-state index contributed by atoms with van der Waals surface area (Å²) in [4.78, 5) is 13.0. The van der Waals surface area contributed by atoms with Gasteiger partial charge in [-0.1, -0.05) is 35.9 Å². The van der Waals surface area contributed by atoms with Gasteiger partial charge in [-0.25, -0.2) is 4.68 Å². The van der Waals surface area contributed by atoms with E-state index < -0.39 is 23.9 Å². The molecule has 0 aliphatic heterocycles. The van der Waals surface area contributed by atoms with Crippen molar-refractivity contribution in [2.24, 2.45) is 0 Å². The number of nitrogens with zero attached hydrogens (tertiary/aromatic N) is 3. The van der Waals surface area contributed by atoms with Crippen LogP contribution in [0.3, 0.4) is 0 Å². The second kappa shape index (κ2) is 9.60. The number of benzene rings is 2. The van der Waals surface area contributed by atoms with Gasteiger partial charge < -0.3 is 10.4 Å². The van der Waals surface area contributed by atoms with Gasteiger partial charge in [-0.15, -0.1) is 0 Å². The number of carbonyl (C=O) groups is 1. The largest absolute Gasteiger partial charge is 0.435 e. The molecule has 2 aromatic carbocycles. The Kier molecular flexibility index (Phi) is 6.58. The molecule has 0 saturated carbocycles.